The standard InChI is InChI=1S/C7H14O3/c1-3-5-4(2)6(8)7(9)10-5/h4-9H,3H2,1-2H3/t4-,5-,6-,7?/m1/s1. The van der Waals surface area contributed by atoms with Crippen LogP contribution in [0.5, 0.6) is 0 Å². The molecule has 1 heterocycles. The third-order valence-corrected chi connectivity index (χ3v) is 2.13. The highest BCUT2D eigenvalue weighted by atomic mass is 16.6. The molecule has 1 rings (SSSR count). The van der Waals surface area contributed by atoms with Gasteiger partial charge in [0.05, 0.1) is 6.10 Å². The van der Waals surface area contributed by atoms with Gasteiger partial charge in [0.15, 0.2) is 6.29 Å². The molecule has 60 valence electrons. The zero-order chi connectivity index (χ0) is 7.72. The van der Waals surface area contributed by atoms with Gasteiger partial charge in [0, 0.05) is 5.92 Å². The number of hydrogen-bond donors (Lipinski definition) is 2. The van der Waals surface area contributed by atoms with E-state index in [-0.39, 0.29) is 12.0 Å². The highest BCUT2D eigenvalue weighted by Gasteiger charge is 2.38. The minimum atomic E-state index is -0.972. The van der Waals surface area contributed by atoms with E-state index in [2.05, 4.69) is 0 Å². The molecule has 2 N–H and O–H groups in total. The van der Waals surface area contributed by atoms with Crippen LogP contribution in [-0.2, 0) is 4.74 Å². The summed E-state index contributed by atoms with van der Waals surface area (Å²) in [7, 11) is 0. The normalized spacial score (nSPS) is 48.0. The van der Waals surface area contributed by atoms with Crippen LogP contribution in [0.2, 0.25) is 0 Å². The molecular formula is C7H14O3. The van der Waals surface area contributed by atoms with Crippen molar-refractivity contribution in [3.05, 3.63) is 0 Å². The van der Waals surface area contributed by atoms with E-state index in [1.807, 2.05) is 13.8 Å². The van der Waals surface area contributed by atoms with E-state index in [9.17, 15) is 5.11 Å². The second kappa shape index (κ2) is 2.86. The molecule has 1 unspecified atom stereocenters. The Labute approximate surface area is 60.6 Å². The second-order valence-electron chi connectivity index (χ2n) is 2.82. The molecule has 0 aromatic heterocycles. The summed E-state index contributed by atoms with van der Waals surface area (Å²) in [6.07, 6.45) is -0.815. The van der Waals surface area contributed by atoms with Crippen molar-refractivity contribution in [3.8, 4) is 0 Å². The van der Waals surface area contributed by atoms with Crippen molar-refractivity contribution in [2.24, 2.45) is 5.92 Å². The summed E-state index contributed by atoms with van der Waals surface area (Å²) in [5, 5.41) is 18.2. The lowest BCUT2D eigenvalue weighted by Gasteiger charge is -2.11. The number of ether oxygens (including phenoxy) is 1. The van der Waals surface area contributed by atoms with Crippen LogP contribution in [0, 0.1) is 5.92 Å². The molecule has 1 aliphatic rings. The van der Waals surface area contributed by atoms with E-state index in [0.717, 1.165) is 6.42 Å². The molecule has 0 amide bonds. The summed E-state index contributed by atoms with van der Waals surface area (Å²) in [6.45, 7) is 3.86. The Morgan fingerprint density at radius 3 is 2.20 bits per heavy atom. The van der Waals surface area contributed by atoms with Gasteiger partial charge in [0.1, 0.15) is 6.10 Å². The Morgan fingerprint density at radius 2 is 2.00 bits per heavy atom. The fraction of sp³-hybridized carbons (Fsp3) is 1.00. The molecule has 0 aromatic carbocycles. The predicted molar refractivity (Wildman–Crippen MR) is 36.3 cm³/mol. The molecule has 0 radical (unpaired) electrons. The van der Waals surface area contributed by atoms with Crippen LogP contribution in [0.25, 0.3) is 0 Å². The average molecular weight is 146 g/mol. The van der Waals surface area contributed by atoms with Crippen LogP contribution in [0.15, 0.2) is 0 Å². The van der Waals surface area contributed by atoms with E-state index in [4.69, 9.17) is 9.84 Å². The Morgan fingerprint density at radius 1 is 1.40 bits per heavy atom. The SMILES string of the molecule is CC[C@H]1OC(O)[C@H](O)[C@@H]1C. The highest BCUT2D eigenvalue weighted by Crippen LogP contribution is 2.26. The minimum absolute atomic E-state index is 0.0185. The van der Waals surface area contributed by atoms with Crippen molar-refractivity contribution < 1.29 is 14.9 Å². The molecule has 1 aliphatic heterocycles. The fourth-order valence-corrected chi connectivity index (χ4v) is 1.33. The van der Waals surface area contributed by atoms with Crippen LogP contribution in [0.4, 0.5) is 0 Å². The summed E-state index contributed by atoms with van der Waals surface area (Å²) in [4.78, 5) is 0. The van der Waals surface area contributed by atoms with Crippen LogP contribution in [-0.4, -0.2) is 28.7 Å². The lowest BCUT2D eigenvalue weighted by molar-refractivity contribution is -0.127. The molecule has 3 nitrogen and oxygen atoms in total. The molecule has 10 heavy (non-hydrogen) atoms. The molecule has 0 bridgehead atoms. The first-order chi connectivity index (χ1) is 4.66. The van der Waals surface area contributed by atoms with Gasteiger partial charge >= 0.3 is 0 Å². The van der Waals surface area contributed by atoms with Crippen LogP contribution in [0.1, 0.15) is 20.3 Å². The van der Waals surface area contributed by atoms with Gasteiger partial charge in [-0.25, -0.2) is 0 Å². The Balaban J connectivity index is 2.53. The van der Waals surface area contributed by atoms with Crippen molar-refractivity contribution >= 4 is 0 Å². The van der Waals surface area contributed by atoms with Gasteiger partial charge in [0.25, 0.3) is 0 Å². The largest absolute Gasteiger partial charge is 0.387 e. The van der Waals surface area contributed by atoms with Gasteiger partial charge in [-0.3, -0.25) is 0 Å². The summed E-state index contributed by atoms with van der Waals surface area (Å²) >= 11 is 0. The van der Waals surface area contributed by atoms with Crippen LogP contribution >= 0.6 is 0 Å². The molecular weight excluding hydrogens is 132 g/mol. The van der Waals surface area contributed by atoms with Gasteiger partial charge < -0.3 is 14.9 Å². The van der Waals surface area contributed by atoms with Gasteiger partial charge in [0.2, 0.25) is 0 Å². The maximum atomic E-state index is 9.19. The molecule has 0 spiro atoms. The van der Waals surface area contributed by atoms with E-state index in [0.29, 0.717) is 0 Å². The van der Waals surface area contributed by atoms with Crippen molar-refractivity contribution in [2.75, 3.05) is 0 Å². The van der Waals surface area contributed by atoms with Crippen molar-refractivity contribution in [1.29, 1.82) is 0 Å². The lowest BCUT2D eigenvalue weighted by Crippen LogP contribution is -2.24. The molecule has 0 aromatic rings. The van der Waals surface area contributed by atoms with E-state index in [1.54, 1.807) is 0 Å². The van der Waals surface area contributed by atoms with Gasteiger partial charge in [-0.1, -0.05) is 13.8 Å². The third-order valence-electron chi connectivity index (χ3n) is 2.13. The first kappa shape index (κ1) is 7.98. The Bertz CT molecular complexity index is 115. The highest BCUT2D eigenvalue weighted by molar-refractivity contribution is 4.81. The zero-order valence-electron chi connectivity index (χ0n) is 6.32. The third kappa shape index (κ3) is 1.17. The minimum Gasteiger partial charge on any atom is -0.387 e. The number of aliphatic hydroxyl groups excluding tert-OH is 2. The quantitative estimate of drug-likeness (QED) is 0.552. The fourth-order valence-electron chi connectivity index (χ4n) is 1.33. The van der Waals surface area contributed by atoms with Crippen LogP contribution < -0.4 is 0 Å². The lowest BCUT2D eigenvalue weighted by atomic mass is 9.99. The molecule has 0 aliphatic carbocycles. The van der Waals surface area contributed by atoms with Crippen molar-refractivity contribution in [3.63, 3.8) is 0 Å². The Hall–Kier alpha value is -0.120. The maximum absolute atomic E-state index is 9.19. The zero-order valence-corrected chi connectivity index (χ0v) is 6.32. The molecule has 4 atom stereocenters. The van der Waals surface area contributed by atoms with E-state index < -0.39 is 12.4 Å². The van der Waals surface area contributed by atoms with Gasteiger partial charge in [-0.15, -0.1) is 0 Å². The second-order valence-corrected chi connectivity index (χ2v) is 2.82. The van der Waals surface area contributed by atoms with E-state index in [1.165, 1.54) is 0 Å². The van der Waals surface area contributed by atoms with Gasteiger partial charge in [-0.05, 0) is 6.42 Å². The van der Waals surface area contributed by atoms with Crippen LogP contribution in [0.3, 0.4) is 0 Å². The number of hydrogen-bond acceptors (Lipinski definition) is 3. The maximum Gasteiger partial charge on any atom is 0.181 e. The molecule has 1 saturated heterocycles. The summed E-state index contributed by atoms with van der Waals surface area (Å²) in [6, 6.07) is 0. The molecule has 0 saturated carbocycles. The monoisotopic (exact) mass is 146 g/mol. The first-order valence-corrected chi connectivity index (χ1v) is 3.68. The summed E-state index contributed by atoms with van der Waals surface area (Å²) < 4.78 is 5.04. The smallest absolute Gasteiger partial charge is 0.181 e. The Kier molecular flexibility index (Phi) is 2.28. The van der Waals surface area contributed by atoms with Gasteiger partial charge in [-0.2, -0.15) is 0 Å². The number of aliphatic hydroxyl groups is 2. The predicted octanol–water partition coefficient (Wildman–Crippen LogP) is 0.111. The van der Waals surface area contributed by atoms with Crippen molar-refractivity contribution in [1.82, 2.24) is 0 Å². The number of rotatable bonds is 1. The summed E-state index contributed by atoms with van der Waals surface area (Å²) in [5.41, 5.74) is 0. The molecule has 3 heteroatoms. The first-order valence-electron chi connectivity index (χ1n) is 3.68. The summed E-state index contributed by atoms with van der Waals surface area (Å²) in [5.74, 6) is 0.0556. The molecule has 1 fully saturated rings. The van der Waals surface area contributed by atoms with E-state index >= 15 is 0 Å². The average Bonchev–Trinajstić information content (AvgIpc) is 2.17. The van der Waals surface area contributed by atoms with Crippen molar-refractivity contribution in [2.45, 2.75) is 38.8 Å². The topological polar surface area (TPSA) is 49.7 Å².